The third-order valence-electron chi connectivity index (χ3n) is 3.85. The number of nitrogens with zero attached hydrogens (tertiary/aromatic N) is 1. The monoisotopic (exact) mass is 412 g/mol. The van der Waals surface area contributed by atoms with E-state index in [0.29, 0.717) is 27.1 Å². The molecule has 1 saturated heterocycles. The molecule has 1 heterocycles. The number of carboxylic acid groups (broad SMARTS) is 2. The smallest absolute Gasteiger partial charge is 0.344 e. The number of carbonyl (C=O) groups excluding carboxylic acids is 1. The van der Waals surface area contributed by atoms with Gasteiger partial charge in [-0.3, -0.25) is 4.79 Å². The van der Waals surface area contributed by atoms with Crippen LogP contribution in [0.4, 0.5) is 5.69 Å². The molecule has 3 rings (SSSR count). The maximum Gasteiger partial charge on any atom is 0.344 e. The number of rotatable bonds is 6. The van der Waals surface area contributed by atoms with Crippen LogP contribution in [0.15, 0.2) is 58.4 Å². The Morgan fingerprint density at radius 1 is 1.14 bits per heavy atom. The first-order valence-corrected chi connectivity index (χ1v) is 9.26. The van der Waals surface area contributed by atoms with Gasteiger partial charge in [-0.05, 0) is 55.1 Å². The summed E-state index contributed by atoms with van der Waals surface area (Å²) in [5.41, 5.74) is 1.20. The summed E-state index contributed by atoms with van der Waals surface area (Å²) in [6.45, 7) is 1.42. The second kappa shape index (κ2) is 8.61. The van der Waals surface area contributed by atoms with E-state index in [9.17, 15) is 14.4 Å². The largest absolute Gasteiger partial charge is 0.479 e. The van der Waals surface area contributed by atoms with Crippen molar-refractivity contribution in [3.05, 3.63) is 64.6 Å². The second-order valence-electron chi connectivity index (χ2n) is 5.97. The van der Waals surface area contributed by atoms with Gasteiger partial charge in [0.1, 0.15) is 5.75 Å². The minimum atomic E-state index is -1.09. The Morgan fingerprint density at radius 2 is 1.83 bits per heavy atom. The molecule has 0 saturated carbocycles. The number of nitrogens with one attached hydrogen (secondary N) is 1. The van der Waals surface area contributed by atoms with E-state index in [1.807, 2.05) is 0 Å². The Labute approximate surface area is 169 Å². The van der Waals surface area contributed by atoms with Crippen LogP contribution < -0.4 is 10.1 Å². The van der Waals surface area contributed by atoms with E-state index in [-0.39, 0.29) is 11.5 Å². The molecule has 0 spiro atoms. The number of aliphatic carboxylic acids is 1. The number of aliphatic imine (C=N–C) groups is 1. The molecule has 0 aliphatic carbocycles. The topological polar surface area (TPSA) is 125 Å². The zero-order valence-electron chi connectivity index (χ0n) is 15.2. The molecule has 1 atom stereocenters. The number of para-hydroxylation sites is 1. The third kappa shape index (κ3) is 5.02. The average Bonchev–Trinajstić information content (AvgIpc) is 3.02. The van der Waals surface area contributed by atoms with Gasteiger partial charge in [-0.15, -0.1) is 0 Å². The number of hydrogen-bond donors (Lipinski definition) is 3. The highest BCUT2D eigenvalue weighted by Gasteiger charge is 2.24. The molecule has 148 valence electrons. The lowest BCUT2D eigenvalue weighted by Crippen LogP contribution is -2.23. The Morgan fingerprint density at radius 3 is 2.48 bits per heavy atom. The van der Waals surface area contributed by atoms with Crippen molar-refractivity contribution in [1.29, 1.82) is 0 Å². The van der Waals surface area contributed by atoms with E-state index in [4.69, 9.17) is 14.9 Å². The summed E-state index contributed by atoms with van der Waals surface area (Å²) in [5, 5.41) is 20.9. The first kappa shape index (κ1) is 20.2. The van der Waals surface area contributed by atoms with E-state index < -0.39 is 18.0 Å². The van der Waals surface area contributed by atoms with E-state index in [0.717, 1.165) is 11.8 Å². The maximum absolute atomic E-state index is 12.3. The van der Waals surface area contributed by atoms with Crippen molar-refractivity contribution >= 4 is 46.5 Å². The molecule has 1 amide bonds. The molecule has 2 aromatic rings. The highest BCUT2D eigenvalue weighted by molar-refractivity contribution is 8.18. The zero-order chi connectivity index (χ0) is 21.0. The van der Waals surface area contributed by atoms with Gasteiger partial charge in [-0.25, -0.2) is 14.6 Å². The summed E-state index contributed by atoms with van der Waals surface area (Å²) in [5.74, 6) is -2.13. The van der Waals surface area contributed by atoms with Gasteiger partial charge >= 0.3 is 11.9 Å². The molecule has 1 aliphatic heterocycles. The lowest BCUT2D eigenvalue weighted by molar-refractivity contribution is -0.144. The number of hydrogen-bond acceptors (Lipinski definition) is 6. The first-order chi connectivity index (χ1) is 13.8. The number of thioether (sulfide) groups is 1. The fraction of sp³-hybridized carbons (Fsp3) is 0.100. The summed E-state index contributed by atoms with van der Waals surface area (Å²) in [7, 11) is 0. The highest BCUT2D eigenvalue weighted by Crippen LogP contribution is 2.31. The van der Waals surface area contributed by atoms with Crippen molar-refractivity contribution in [3.63, 3.8) is 0 Å². The molecule has 8 nitrogen and oxygen atoms in total. The number of ether oxygens (including phenoxy) is 1. The van der Waals surface area contributed by atoms with E-state index in [1.54, 1.807) is 42.5 Å². The highest BCUT2D eigenvalue weighted by atomic mass is 32.2. The van der Waals surface area contributed by atoms with E-state index >= 15 is 0 Å². The molecule has 1 unspecified atom stereocenters. The van der Waals surface area contributed by atoms with Crippen LogP contribution in [0.2, 0.25) is 0 Å². The molecule has 1 fully saturated rings. The quantitative estimate of drug-likeness (QED) is 0.623. The number of carboxylic acids is 2. The maximum atomic E-state index is 12.3. The molecule has 0 bridgehead atoms. The molecule has 0 aromatic heterocycles. The normalized spacial score (nSPS) is 17.2. The van der Waals surface area contributed by atoms with Crippen molar-refractivity contribution in [1.82, 2.24) is 5.32 Å². The van der Waals surface area contributed by atoms with Crippen LogP contribution in [0.5, 0.6) is 5.75 Å². The van der Waals surface area contributed by atoms with E-state index in [1.165, 1.54) is 19.1 Å². The summed E-state index contributed by atoms with van der Waals surface area (Å²) >= 11 is 1.12. The van der Waals surface area contributed by atoms with Crippen LogP contribution in [-0.2, 0) is 9.59 Å². The van der Waals surface area contributed by atoms with E-state index in [2.05, 4.69) is 10.3 Å². The molecule has 3 N–H and O–H groups in total. The molecule has 1 aliphatic rings. The van der Waals surface area contributed by atoms with Crippen molar-refractivity contribution in [2.75, 3.05) is 0 Å². The van der Waals surface area contributed by atoms with Crippen LogP contribution in [0.1, 0.15) is 22.8 Å². The minimum absolute atomic E-state index is 0.143. The van der Waals surface area contributed by atoms with Crippen molar-refractivity contribution in [2.24, 2.45) is 4.99 Å². The predicted molar refractivity (Wildman–Crippen MR) is 108 cm³/mol. The van der Waals surface area contributed by atoms with Gasteiger partial charge < -0.3 is 20.3 Å². The fourth-order valence-electron chi connectivity index (χ4n) is 2.37. The Kier molecular flexibility index (Phi) is 5.99. The molecule has 0 radical (unpaired) electrons. The second-order valence-corrected chi connectivity index (χ2v) is 7.00. The van der Waals surface area contributed by atoms with Crippen molar-refractivity contribution < 1.29 is 29.3 Å². The van der Waals surface area contributed by atoms with Crippen LogP contribution in [0.3, 0.4) is 0 Å². The van der Waals surface area contributed by atoms with Gasteiger partial charge in [0.15, 0.2) is 11.3 Å². The number of carbonyl (C=O) groups is 3. The number of amides is 1. The van der Waals surface area contributed by atoms with Crippen LogP contribution >= 0.6 is 11.8 Å². The van der Waals surface area contributed by atoms with Crippen LogP contribution in [0.25, 0.3) is 6.08 Å². The van der Waals surface area contributed by atoms with Crippen molar-refractivity contribution in [2.45, 2.75) is 13.0 Å². The van der Waals surface area contributed by atoms with Crippen LogP contribution in [0, 0.1) is 0 Å². The predicted octanol–water partition coefficient (Wildman–Crippen LogP) is 3.13. The van der Waals surface area contributed by atoms with Gasteiger partial charge in [0.2, 0.25) is 0 Å². The SMILES string of the molecule is CC(Oc1ccccc1/C=C1\SC(=Nc2ccc(C(=O)O)cc2)NC1=O)C(=O)O. The average molecular weight is 412 g/mol. The van der Waals surface area contributed by atoms with Gasteiger partial charge in [0.25, 0.3) is 5.91 Å². The molecule has 29 heavy (non-hydrogen) atoms. The van der Waals surface area contributed by atoms with Gasteiger partial charge in [-0.1, -0.05) is 18.2 Å². The fourth-order valence-corrected chi connectivity index (χ4v) is 3.20. The number of benzene rings is 2. The molecule has 9 heteroatoms. The molecule has 2 aromatic carbocycles. The summed E-state index contributed by atoms with van der Waals surface area (Å²) < 4.78 is 5.44. The lowest BCUT2D eigenvalue weighted by atomic mass is 10.2. The number of aromatic carboxylic acids is 1. The molecular formula is C20H16N2O6S. The Hall–Kier alpha value is -3.59. The summed E-state index contributed by atoms with van der Waals surface area (Å²) in [6.07, 6.45) is 0.561. The number of amidine groups is 1. The molecular weight excluding hydrogens is 396 g/mol. The van der Waals surface area contributed by atoms with Gasteiger partial charge in [0, 0.05) is 5.56 Å². The van der Waals surface area contributed by atoms with Crippen molar-refractivity contribution in [3.8, 4) is 5.75 Å². The van der Waals surface area contributed by atoms with Gasteiger partial charge in [-0.2, -0.15) is 0 Å². The van der Waals surface area contributed by atoms with Gasteiger partial charge in [0.05, 0.1) is 16.2 Å². The third-order valence-corrected chi connectivity index (χ3v) is 4.76. The lowest BCUT2D eigenvalue weighted by Gasteiger charge is -2.12. The summed E-state index contributed by atoms with van der Waals surface area (Å²) in [6, 6.07) is 12.7. The zero-order valence-corrected chi connectivity index (χ0v) is 16.0. The first-order valence-electron chi connectivity index (χ1n) is 8.45. The summed E-state index contributed by atoms with van der Waals surface area (Å²) in [4.78, 5) is 38.9. The Bertz CT molecular complexity index is 1030. The standard InChI is InChI=1S/C20H16N2O6S/c1-11(18(24)25)28-15-5-3-2-4-13(15)10-16-17(23)22-20(29-16)21-14-8-6-12(7-9-14)19(26)27/h2-11H,1H3,(H,24,25)(H,26,27)(H,21,22,23)/b16-10-. The Balaban J connectivity index is 1.81. The minimum Gasteiger partial charge on any atom is -0.479 e. The van der Waals surface area contributed by atoms with Crippen LogP contribution in [-0.4, -0.2) is 39.3 Å².